The van der Waals surface area contributed by atoms with Crippen LogP contribution in [0, 0.1) is 0 Å². The van der Waals surface area contributed by atoms with Crippen molar-refractivity contribution in [3.05, 3.63) is 29.5 Å². The van der Waals surface area contributed by atoms with Gasteiger partial charge in [0.15, 0.2) is 0 Å². The molecule has 0 unspecified atom stereocenters. The minimum atomic E-state index is -0.547. The van der Waals surface area contributed by atoms with Gasteiger partial charge in [0.05, 0.1) is 12.6 Å². The number of imidazole rings is 1. The van der Waals surface area contributed by atoms with E-state index in [1.54, 1.807) is 12.4 Å². The van der Waals surface area contributed by atoms with Crippen LogP contribution >= 0.6 is 15.9 Å². The number of aromatic nitrogens is 4. The Labute approximate surface area is 135 Å². The fourth-order valence-electron chi connectivity index (χ4n) is 1.88. The Balaban J connectivity index is 1.89. The zero-order valence-electron chi connectivity index (χ0n) is 14.2. The second-order valence-corrected chi connectivity index (χ2v) is 6.61. The first-order valence-corrected chi connectivity index (χ1v) is 7.31. The third-order valence-electron chi connectivity index (χ3n) is 3.84. The van der Waals surface area contributed by atoms with Gasteiger partial charge in [-0.05, 0) is 43.6 Å². The molecule has 1 saturated heterocycles. The van der Waals surface area contributed by atoms with Crippen LogP contribution in [0.3, 0.4) is 0 Å². The number of hydrogen-bond donors (Lipinski definition) is 0. The van der Waals surface area contributed by atoms with E-state index in [-0.39, 0.29) is 23.0 Å². The fourth-order valence-corrected chi connectivity index (χ4v) is 2.14. The van der Waals surface area contributed by atoms with Gasteiger partial charge in [-0.15, -0.1) is 0 Å². The summed E-state index contributed by atoms with van der Waals surface area (Å²) in [6, 6.07) is 0. The Morgan fingerprint density at radius 3 is 2.19 bits per heavy atom. The van der Waals surface area contributed by atoms with Crippen LogP contribution in [-0.2, 0) is 9.31 Å². The highest BCUT2D eigenvalue weighted by molar-refractivity contribution is 9.10. The standard InChI is InChI=1S/C13H16BBrN4O2/c1-12(2)13(3,4)21-14(20-12)9-5-16-11(17-6-9)19-7-10(15)18-8-19/h5-8H,1-4H3/i7D,8D. The zero-order chi connectivity index (χ0) is 17.0. The molecule has 8 heteroatoms. The Hall–Kier alpha value is -1.25. The van der Waals surface area contributed by atoms with Crippen LogP contribution in [0.2, 0.25) is 0 Å². The highest BCUT2D eigenvalue weighted by atomic mass is 79.9. The average Bonchev–Trinajstić information content (AvgIpc) is 2.83. The molecule has 6 nitrogen and oxygen atoms in total. The van der Waals surface area contributed by atoms with Gasteiger partial charge >= 0.3 is 7.12 Å². The molecule has 3 heterocycles. The monoisotopic (exact) mass is 352 g/mol. The van der Waals surface area contributed by atoms with Gasteiger partial charge in [-0.25, -0.2) is 15.0 Å². The van der Waals surface area contributed by atoms with Crippen molar-refractivity contribution in [2.45, 2.75) is 38.9 Å². The molecule has 0 atom stereocenters. The Kier molecular flexibility index (Phi) is 2.87. The summed E-state index contributed by atoms with van der Waals surface area (Å²) in [7, 11) is -0.547. The average molecular weight is 353 g/mol. The predicted octanol–water partition coefficient (Wildman–Crippen LogP) is 1.72. The van der Waals surface area contributed by atoms with Gasteiger partial charge < -0.3 is 9.31 Å². The van der Waals surface area contributed by atoms with Crippen molar-refractivity contribution >= 4 is 28.5 Å². The molecule has 110 valence electrons. The normalized spacial score (nSPS) is 21.3. The molecule has 0 amide bonds. The maximum Gasteiger partial charge on any atom is 0.498 e. The largest absolute Gasteiger partial charge is 0.498 e. The summed E-state index contributed by atoms with van der Waals surface area (Å²) in [5, 5.41) is 0. The molecule has 0 aliphatic carbocycles. The second-order valence-electron chi connectivity index (χ2n) is 5.85. The topological polar surface area (TPSA) is 62.1 Å². The number of halogens is 1. The van der Waals surface area contributed by atoms with Gasteiger partial charge in [-0.3, -0.25) is 4.57 Å². The van der Waals surface area contributed by atoms with Gasteiger partial charge in [0.1, 0.15) is 12.3 Å². The molecule has 2 aromatic rings. The van der Waals surface area contributed by atoms with Crippen molar-refractivity contribution < 1.29 is 12.1 Å². The highest BCUT2D eigenvalue weighted by Crippen LogP contribution is 2.36. The zero-order valence-corrected chi connectivity index (χ0v) is 13.8. The SMILES string of the molecule is [2H]c1nc(Br)c([2H])n1-c1ncc(B2OC(C)(C)C(C)(C)O2)cn1. The number of nitrogens with zero attached hydrogens (tertiary/aromatic N) is 4. The molecule has 0 spiro atoms. The minimum absolute atomic E-state index is 0.0263. The molecule has 1 aliphatic rings. The molecule has 0 saturated carbocycles. The Morgan fingerprint density at radius 2 is 1.71 bits per heavy atom. The summed E-state index contributed by atoms with van der Waals surface area (Å²) in [5.41, 5.74) is -0.188. The second kappa shape index (κ2) is 4.89. The van der Waals surface area contributed by atoms with Gasteiger partial charge in [0.25, 0.3) is 0 Å². The Morgan fingerprint density at radius 1 is 1.14 bits per heavy atom. The van der Waals surface area contributed by atoms with Crippen molar-refractivity contribution in [2.24, 2.45) is 0 Å². The third kappa shape index (κ3) is 2.63. The van der Waals surface area contributed by atoms with Crippen LogP contribution in [-0.4, -0.2) is 37.8 Å². The van der Waals surface area contributed by atoms with Gasteiger partial charge in [0, 0.05) is 24.0 Å². The van der Waals surface area contributed by atoms with E-state index in [2.05, 4.69) is 30.9 Å². The van der Waals surface area contributed by atoms with Crippen LogP contribution in [0.4, 0.5) is 0 Å². The van der Waals surface area contributed by atoms with Crippen molar-refractivity contribution in [3.8, 4) is 5.95 Å². The molecule has 21 heavy (non-hydrogen) atoms. The first-order valence-electron chi connectivity index (χ1n) is 7.52. The summed E-state index contributed by atoms with van der Waals surface area (Å²) < 4.78 is 29.1. The quantitative estimate of drug-likeness (QED) is 0.770. The first-order chi connectivity index (χ1) is 10.6. The summed E-state index contributed by atoms with van der Waals surface area (Å²) in [4.78, 5) is 12.3. The lowest BCUT2D eigenvalue weighted by atomic mass is 9.81. The van der Waals surface area contributed by atoms with Crippen LogP contribution in [0.5, 0.6) is 0 Å². The molecule has 2 aromatic heterocycles. The lowest BCUT2D eigenvalue weighted by Crippen LogP contribution is -2.41. The van der Waals surface area contributed by atoms with E-state index in [0.717, 1.165) is 0 Å². The molecular formula is C13H16BBrN4O2. The highest BCUT2D eigenvalue weighted by Gasteiger charge is 2.51. The van der Waals surface area contributed by atoms with E-state index in [9.17, 15) is 0 Å². The summed E-state index contributed by atoms with van der Waals surface area (Å²) in [6.45, 7) is 7.90. The van der Waals surface area contributed by atoms with Crippen molar-refractivity contribution in [1.29, 1.82) is 0 Å². The van der Waals surface area contributed by atoms with Crippen molar-refractivity contribution in [1.82, 2.24) is 19.5 Å². The lowest BCUT2D eigenvalue weighted by Gasteiger charge is -2.32. The molecular weight excluding hydrogens is 335 g/mol. The lowest BCUT2D eigenvalue weighted by molar-refractivity contribution is 0.00578. The Bertz CT molecular complexity index is 735. The maximum absolute atomic E-state index is 7.88. The maximum atomic E-state index is 7.88. The van der Waals surface area contributed by atoms with E-state index in [4.69, 9.17) is 12.1 Å². The van der Waals surface area contributed by atoms with E-state index in [1.807, 2.05) is 27.7 Å². The molecule has 0 radical (unpaired) electrons. The predicted molar refractivity (Wildman–Crippen MR) is 82.6 cm³/mol. The minimum Gasteiger partial charge on any atom is -0.399 e. The number of rotatable bonds is 2. The van der Waals surface area contributed by atoms with Gasteiger partial charge in [-0.1, -0.05) is 0 Å². The van der Waals surface area contributed by atoms with E-state index >= 15 is 0 Å². The summed E-state index contributed by atoms with van der Waals surface area (Å²) in [6.07, 6.45) is 3.08. The first kappa shape index (κ1) is 12.3. The van der Waals surface area contributed by atoms with E-state index < -0.39 is 18.3 Å². The molecule has 0 aromatic carbocycles. The summed E-state index contributed by atoms with van der Waals surface area (Å²) >= 11 is 3.12. The van der Waals surface area contributed by atoms with Crippen molar-refractivity contribution in [3.63, 3.8) is 0 Å². The number of hydrogen-bond acceptors (Lipinski definition) is 5. The molecule has 1 fully saturated rings. The van der Waals surface area contributed by atoms with Crippen LogP contribution in [0.25, 0.3) is 5.95 Å². The molecule has 0 bridgehead atoms. The van der Waals surface area contributed by atoms with Crippen molar-refractivity contribution in [2.75, 3.05) is 0 Å². The van der Waals surface area contributed by atoms with Crippen LogP contribution in [0.1, 0.15) is 30.4 Å². The smallest absolute Gasteiger partial charge is 0.399 e. The molecule has 3 rings (SSSR count). The fraction of sp³-hybridized carbons (Fsp3) is 0.462. The van der Waals surface area contributed by atoms with E-state index in [1.165, 1.54) is 4.57 Å². The van der Waals surface area contributed by atoms with Gasteiger partial charge in [-0.2, -0.15) is 0 Å². The van der Waals surface area contributed by atoms with Gasteiger partial charge in [0.2, 0.25) is 5.95 Å². The molecule has 1 aliphatic heterocycles. The van der Waals surface area contributed by atoms with Crippen LogP contribution in [0.15, 0.2) is 29.5 Å². The summed E-state index contributed by atoms with van der Waals surface area (Å²) in [5.74, 6) is 0.207. The third-order valence-corrected chi connectivity index (χ3v) is 4.19. The van der Waals surface area contributed by atoms with E-state index in [0.29, 0.717) is 5.46 Å². The van der Waals surface area contributed by atoms with Crippen LogP contribution < -0.4 is 5.46 Å². The molecule has 0 N–H and O–H groups in total.